The first kappa shape index (κ1) is 14.3. The minimum absolute atomic E-state index is 0.0550. The quantitative estimate of drug-likeness (QED) is 0.654. The first-order valence-electron chi connectivity index (χ1n) is 5.90. The van der Waals surface area contributed by atoms with Gasteiger partial charge >= 0.3 is 5.97 Å². The SMILES string of the molecule is COC(=O)c1cc(NCCc2cscn2)c(F)cc1N. The van der Waals surface area contributed by atoms with Crippen molar-refractivity contribution in [2.24, 2.45) is 0 Å². The molecule has 1 aromatic carbocycles. The summed E-state index contributed by atoms with van der Waals surface area (Å²) in [6, 6.07) is 2.47. The number of ether oxygens (including phenoxy) is 1. The van der Waals surface area contributed by atoms with E-state index >= 15 is 0 Å². The van der Waals surface area contributed by atoms with Crippen LogP contribution in [0.25, 0.3) is 0 Å². The molecule has 1 heterocycles. The molecule has 1 aromatic heterocycles. The zero-order valence-corrected chi connectivity index (χ0v) is 11.7. The Hall–Kier alpha value is -2.15. The Labute approximate surface area is 119 Å². The lowest BCUT2D eigenvalue weighted by Gasteiger charge is -2.10. The molecule has 0 saturated heterocycles. The number of hydrogen-bond donors (Lipinski definition) is 2. The van der Waals surface area contributed by atoms with E-state index < -0.39 is 11.8 Å². The Bertz CT molecular complexity index is 602. The lowest BCUT2D eigenvalue weighted by atomic mass is 10.1. The normalized spacial score (nSPS) is 10.3. The number of halogens is 1. The summed E-state index contributed by atoms with van der Waals surface area (Å²) in [5.41, 5.74) is 8.69. The molecule has 0 atom stereocenters. The number of nitrogens with zero attached hydrogens (tertiary/aromatic N) is 1. The van der Waals surface area contributed by atoms with E-state index in [9.17, 15) is 9.18 Å². The van der Waals surface area contributed by atoms with Crippen molar-refractivity contribution in [3.63, 3.8) is 0 Å². The first-order chi connectivity index (χ1) is 9.61. The van der Waals surface area contributed by atoms with Crippen LogP contribution in [0.2, 0.25) is 0 Å². The summed E-state index contributed by atoms with van der Waals surface area (Å²) in [5, 5.41) is 4.86. The standard InChI is InChI=1S/C13H14FN3O2S/c1-19-13(18)9-4-12(10(14)5-11(9)15)16-3-2-8-6-20-7-17-8/h4-7,16H,2-3,15H2,1H3. The molecule has 0 fully saturated rings. The zero-order valence-electron chi connectivity index (χ0n) is 10.9. The number of nitrogens with one attached hydrogen (secondary N) is 1. The number of carbonyl (C=O) groups is 1. The summed E-state index contributed by atoms with van der Waals surface area (Å²) in [4.78, 5) is 15.6. The van der Waals surface area contributed by atoms with E-state index in [1.807, 2.05) is 5.38 Å². The second-order valence-electron chi connectivity index (χ2n) is 4.07. The molecule has 0 aliphatic rings. The highest BCUT2D eigenvalue weighted by molar-refractivity contribution is 7.07. The van der Waals surface area contributed by atoms with Crippen LogP contribution in [-0.2, 0) is 11.2 Å². The average Bonchev–Trinajstić information content (AvgIpc) is 2.93. The summed E-state index contributed by atoms with van der Waals surface area (Å²) in [7, 11) is 1.25. The van der Waals surface area contributed by atoms with E-state index in [0.29, 0.717) is 13.0 Å². The summed E-state index contributed by atoms with van der Waals surface area (Å²) in [5.74, 6) is -1.10. The van der Waals surface area contributed by atoms with E-state index in [0.717, 1.165) is 11.8 Å². The summed E-state index contributed by atoms with van der Waals surface area (Å²) >= 11 is 1.51. The number of aromatic nitrogens is 1. The summed E-state index contributed by atoms with van der Waals surface area (Å²) < 4.78 is 18.4. The molecule has 20 heavy (non-hydrogen) atoms. The minimum atomic E-state index is -0.593. The summed E-state index contributed by atoms with van der Waals surface area (Å²) in [6.45, 7) is 0.505. The van der Waals surface area contributed by atoms with Gasteiger partial charge in [-0.15, -0.1) is 11.3 Å². The largest absolute Gasteiger partial charge is 0.465 e. The van der Waals surface area contributed by atoms with Crippen LogP contribution < -0.4 is 11.1 Å². The van der Waals surface area contributed by atoms with Gasteiger partial charge in [-0.1, -0.05) is 0 Å². The molecular weight excluding hydrogens is 281 g/mol. The number of thiazole rings is 1. The Morgan fingerprint density at radius 3 is 3.00 bits per heavy atom. The predicted molar refractivity (Wildman–Crippen MR) is 76.5 cm³/mol. The van der Waals surface area contributed by atoms with Crippen molar-refractivity contribution in [2.75, 3.05) is 24.7 Å². The van der Waals surface area contributed by atoms with Crippen LogP contribution in [0.15, 0.2) is 23.0 Å². The summed E-state index contributed by atoms with van der Waals surface area (Å²) in [6.07, 6.45) is 0.668. The van der Waals surface area contributed by atoms with Crippen LogP contribution in [0, 0.1) is 5.82 Å². The maximum Gasteiger partial charge on any atom is 0.340 e. The van der Waals surface area contributed by atoms with Gasteiger partial charge in [0.15, 0.2) is 0 Å². The van der Waals surface area contributed by atoms with Crippen molar-refractivity contribution >= 4 is 28.7 Å². The number of anilines is 2. The lowest BCUT2D eigenvalue weighted by Crippen LogP contribution is -2.11. The molecule has 0 saturated carbocycles. The third-order valence-corrected chi connectivity index (χ3v) is 3.36. The lowest BCUT2D eigenvalue weighted by molar-refractivity contribution is 0.0602. The molecule has 0 unspecified atom stereocenters. The number of rotatable bonds is 5. The fourth-order valence-corrected chi connectivity index (χ4v) is 2.29. The van der Waals surface area contributed by atoms with Crippen molar-refractivity contribution < 1.29 is 13.9 Å². The Morgan fingerprint density at radius 2 is 2.35 bits per heavy atom. The van der Waals surface area contributed by atoms with Gasteiger partial charge < -0.3 is 15.8 Å². The molecule has 0 amide bonds. The van der Waals surface area contributed by atoms with Gasteiger partial charge in [0.2, 0.25) is 0 Å². The molecule has 106 valence electrons. The minimum Gasteiger partial charge on any atom is -0.465 e. The monoisotopic (exact) mass is 295 g/mol. The van der Waals surface area contributed by atoms with Crippen LogP contribution in [0.3, 0.4) is 0 Å². The fraction of sp³-hybridized carbons (Fsp3) is 0.231. The van der Waals surface area contributed by atoms with Crippen molar-refractivity contribution in [3.05, 3.63) is 40.1 Å². The fourth-order valence-electron chi connectivity index (χ4n) is 1.70. The molecule has 0 bridgehead atoms. The second kappa shape index (κ2) is 6.33. The molecule has 7 heteroatoms. The third kappa shape index (κ3) is 3.24. The van der Waals surface area contributed by atoms with Crippen LogP contribution in [0.1, 0.15) is 16.1 Å². The van der Waals surface area contributed by atoms with Crippen molar-refractivity contribution in [1.82, 2.24) is 4.98 Å². The van der Waals surface area contributed by atoms with Crippen molar-refractivity contribution in [1.29, 1.82) is 0 Å². The molecule has 0 spiro atoms. The van der Waals surface area contributed by atoms with E-state index in [1.165, 1.54) is 24.5 Å². The van der Waals surface area contributed by atoms with Crippen LogP contribution in [0.5, 0.6) is 0 Å². The highest BCUT2D eigenvalue weighted by Crippen LogP contribution is 2.23. The van der Waals surface area contributed by atoms with Gasteiger partial charge in [-0.25, -0.2) is 14.2 Å². The first-order valence-corrected chi connectivity index (χ1v) is 6.84. The van der Waals surface area contributed by atoms with Crippen LogP contribution in [0.4, 0.5) is 15.8 Å². The van der Waals surface area contributed by atoms with Gasteiger partial charge in [0.25, 0.3) is 0 Å². The van der Waals surface area contributed by atoms with E-state index in [1.54, 1.807) is 5.51 Å². The average molecular weight is 295 g/mol. The van der Waals surface area contributed by atoms with Crippen LogP contribution in [-0.4, -0.2) is 24.6 Å². The second-order valence-corrected chi connectivity index (χ2v) is 4.79. The van der Waals surface area contributed by atoms with Gasteiger partial charge in [0.05, 0.1) is 29.6 Å². The zero-order chi connectivity index (χ0) is 14.5. The van der Waals surface area contributed by atoms with Gasteiger partial charge in [-0.3, -0.25) is 0 Å². The molecular formula is C13H14FN3O2S. The number of esters is 1. The molecule has 0 aliphatic heterocycles. The number of benzene rings is 1. The van der Waals surface area contributed by atoms with Gasteiger partial charge in [-0.05, 0) is 12.1 Å². The Kier molecular flexibility index (Phi) is 4.52. The number of carbonyl (C=O) groups excluding carboxylic acids is 1. The maximum atomic E-state index is 13.8. The Morgan fingerprint density at radius 1 is 1.55 bits per heavy atom. The molecule has 0 radical (unpaired) electrons. The molecule has 5 nitrogen and oxygen atoms in total. The van der Waals surface area contributed by atoms with Gasteiger partial charge in [0.1, 0.15) is 5.82 Å². The Balaban J connectivity index is 2.08. The molecule has 2 rings (SSSR count). The van der Waals surface area contributed by atoms with E-state index in [-0.39, 0.29) is 16.9 Å². The highest BCUT2D eigenvalue weighted by atomic mass is 32.1. The van der Waals surface area contributed by atoms with E-state index in [4.69, 9.17) is 5.73 Å². The number of nitrogen functional groups attached to an aromatic ring is 1. The van der Waals surface area contributed by atoms with Crippen LogP contribution >= 0.6 is 11.3 Å². The molecule has 3 N–H and O–H groups in total. The third-order valence-electron chi connectivity index (χ3n) is 2.72. The predicted octanol–water partition coefficient (Wildman–Crippen LogP) is 2.31. The number of methoxy groups -OCH3 is 1. The van der Waals surface area contributed by atoms with Gasteiger partial charge in [-0.2, -0.15) is 0 Å². The number of nitrogens with two attached hydrogens (primary N) is 1. The maximum absolute atomic E-state index is 13.8. The smallest absolute Gasteiger partial charge is 0.340 e. The highest BCUT2D eigenvalue weighted by Gasteiger charge is 2.14. The topological polar surface area (TPSA) is 77.2 Å². The molecule has 0 aliphatic carbocycles. The molecule has 2 aromatic rings. The van der Waals surface area contributed by atoms with Gasteiger partial charge in [0, 0.05) is 24.0 Å². The number of hydrogen-bond acceptors (Lipinski definition) is 6. The van der Waals surface area contributed by atoms with E-state index in [2.05, 4.69) is 15.0 Å². The van der Waals surface area contributed by atoms with Crippen molar-refractivity contribution in [3.8, 4) is 0 Å². The van der Waals surface area contributed by atoms with Crippen molar-refractivity contribution in [2.45, 2.75) is 6.42 Å².